The fraction of sp³-hybridized carbons (Fsp3) is 1.00. The summed E-state index contributed by atoms with van der Waals surface area (Å²) in [5, 5.41) is 1.06. The molecule has 2 unspecified atom stereocenters. The lowest BCUT2D eigenvalue weighted by molar-refractivity contribution is 0.503. The molecule has 0 aromatic heterocycles. The van der Waals surface area contributed by atoms with E-state index < -0.39 is 10.8 Å². The molecule has 17 heavy (non-hydrogen) atoms. The van der Waals surface area contributed by atoms with Gasteiger partial charge in [-0.3, -0.25) is 4.21 Å². The van der Waals surface area contributed by atoms with Gasteiger partial charge in [0.15, 0.2) is 0 Å². The van der Waals surface area contributed by atoms with Gasteiger partial charge in [-0.2, -0.15) is 0 Å². The van der Waals surface area contributed by atoms with Crippen molar-refractivity contribution >= 4 is 22.6 Å². The van der Waals surface area contributed by atoms with Crippen molar-refractivity contribution in [2.75, 3.05) is 0 Å². The average molecular weight is 275 g/mol. The monoisotopic (exact) mass is 275 g/mol. The van der Waals surface area contributed by atoms with Gasteiger partial charge in [-0.15, -0.1) is 11.8 Å². The summed E-state index contributed by atoms with van der Waals surface area (Å²) in [5.41, 5.74) is 6.14. The van der Waals surface area contributed by atoms with E-state index in [-0.39, 0.29) is 4.71 Å². The molecule has 2 aliphatic rings. The second kappa shape index (κ2) is 7.15. The molecule has 0 aromatic carbocycles. The SMILES string of the molecule is NC(SC1CCCCC1)S(=O)C1CCCCC1. The maximum Gasteiger partial charge on any atom is 0.128 e. The topological polar surface area (TPSA) is 43.1 Å². The van der Waals surface area contributed by atoms with Crippen molar-refractivity contribution in [1.29, 1.82) is 0 Å². The second-order valence-electron chi connectivity index (χ2n) is 5.35. The Balaban J connectivity index is 1.77. The van der Waals surface area contributed by atoms with Gasteiger partial charge >= 0.3 is 0 Å². The minimum atomic E-state index is -0.812. The van der Waals surface area contributed by atoms with Crippen LogP contribution in [0.1, 0.15) is 64.2 Å². The first-order valence-electron chi connectivity index (χ1n) is 7.08. The van der Waals surface area contributed by atoms with Gasteiger partial charge in [0.05, 0.1) is 10.8 Å². The second-order valence-corrected chi connectivity index (χ2v) is 8.93. The molecule has 2 nitrogen and oxygen atoms in total. The highest BCUT2D eigenvalue weighted by Crippen LogP contribution is 2.33. The van der Waals surface area contributed by atoms with E-state index in [0.717, 1.165) is 12.8 Å². The van der Waals surface area contributed by atoms with Crippen LogP contribution in [-0.4, -0.2) is 19.4 Å². The lowest BCUT2D eigenvalue weighted by Gasteiger charge is -2.27. The summed E-state index contributed by atoms with van der Waals surface area (Å²) in [7, 11) is -0.812. The molecule has 0 bridgehead atoms. The van der Waals surface area contributed by atoms with Crippen LogP contribution in [-0.2, 0) is 10.8 Å². The number of hydrogen-bond donors (Lipinski definition) is 1. The van der Waals surface area contributed by atoms with Crippen LogP contribution in [0.3, 0.4) is 0 Å². The molecule has 4 heteroatoms. The van der Waals surface area contributed by atoms with Gasteiger partial charge in [-0.1, -0.05) is 38.5 Å². The van der Waals surface area contributed by atoms with Crippen molar-refractivity contribution in [2.24, 2.45) is 5.73 Å². The zero-order valence-electron chi connectivity index (χ0n) is 10.6. The fourth-order valence-corrected chi connectivity index (χ4v) is 6.48. The summed E-state index contributed by atoms with van der Waals surface area (Å²) in [4.78, 5) is 0. The number of rotatable bonds is 4. The molecule has 0 amide bonds. The normalized spacial score (nSPS) is 27.8. The maximum absolute atomic E-state index is 12.3. The Labute approximate surface area is 112 Å². The molecule has 0 aliphatic heterocycles. The van der Waals surface area contributed by atoms with Crippen molar-refractivity contribution in [1.82, 2.24) is 0 Å². The van der Waals surface area contributed by atoms with E-state index in [2.05, 4.69) is 0 Å². The van der Waals surface area contributed by atoms with Gasteiger partial charge in [0, 0.05) is 10.5 Å². The van der Waals surface area contributed by atoms with Crippen molar-refractivity contribution in [3.05, 3.63) is 0 Å². The number of nitrogens with two attached hydrogens (primary N) is 1. The van der Waals surface area contributed by atoms with Gasteiger partial charge in [-0.05, 0) is 25.7 Å². The molecule has 2 N–H and O–H groups in total. The molecular weight excluding hydrogens is 250 g/mol. The summed E-state index contributed by atoms with van der Waals surface area (Å²) in [6.07, 6.45) is 12.7. The first kappa shape index (κ1) is 13.9. The smallest absolute Gasteiger partial charge is 0.128 e. The summed E-state index contributed by atoms with van der Waals surface area (Å²) < 4.78 is 12.2. The molecule has 2 aliphatic carbocycles. The van der Waals surface area contributed by atoms with Gasteiger partial charge < -0.3 is 5.73 Å². The molecule has 2 rings (SSSR count). The van der Waals surface area contributed by atoms with Gasteiger partial charge in [-0.25, -0.2) is 0 Å². The highest BCUT2D eigenvalue weighted by Gasteiger charge is 2.27. The van der Waals surface area contributed by atoms with Crippen LogP contribution in [0, 0.1) is 0 Å². The maximum atomic E-state index is 12.3. The molecule has 0 spiro atoms. The first-order valence-corrected chi connectivity index (χ1v) is 9.29. The Morgan fingerprint density at radius 3 is 2.06 bits per heavy atom. The van der Waals surface area contributed by atoms with E-state index in [1.807, 2.05) is 0 Å². The Hall–Kier alpha value is 0.460. The molecule has 2 fully saturated rings. The Kier molecular flexibility index (Phi) is 5.84. The predicted octanol–water partition coefficient (Wildman–Crippen LogP) is 3.38. The van der Waals surface area contributed by atoms with Crippen LogP contribution in [0.15, 0.2) is 0 Å². The number of thioether (sulfide) groups is 1. The average Bonchev–Trinajstić information content (AvgIpc) is 2.40. The van der Waals surface area contributed by atoms with Gasteiger partial charge in [0.2, 0.25) is 0 Å². The van der Waals surface area contributed by atoms with Crippen molar-refractivity contribution in [2.45, 2.75) is 79.4 Å². The molecule has 0 aromatic rings. The summed E-state index contributed by atoms with van der Waals surface area (Å²) in [6.45, 7) is 0. The largest absolute Gasteiger partial charge is 0.309 e. The van der Waals surface area contributed by atoms with E-state index in [0.29, 0.717) is 10.5 Å². The Morgan fingerprint density at radius 1 is 0.941 bits per heavy atom. The molecule has 2 saturated carbocycles. The van der Waals surface area contributed by atoms with Gasteiger partial charge in [0.1, 0.15) is 4.71 Å². The minimum absolute atomic E-state index is 0.138. The van der Waals surface area contributed by atoms with Crippen molar-refractivity contribution < 1.29 is 4.21 Å². The third-order valence-corrected chi connectivity index (χ3v) is 7.60. The van der Waals surface area contributed by atoms with Crippen LogP contribution in [0.4, 0.5) is 0 Å². The van der Waals surface area contributed by atoms with Crippen LogP contribution < -0.4 is 5.73 Å². The predicted molar refractivity (Wildman–Crippen MR) is 77.5 cm³/mol. The van der Waals surface area contributed by atoms with E-state index >= 15 is 0 Å². The minimum Gasteiger partial charge on any atom is -0.309 e. The quantitative estimate of drug-likeness (QED) is 0.800. The summed E-state index contributed by atoms with van der Waals surface area (Å²) in [6, 6.07) is 0. The molecule has 100 valence electrons. The third-order valence-electron chi connectivity index (χ3n) is 3.99. The lowest BCUT2D eigenvalue weighted by Crippen LogP contribution is -2.33. The molecule has 0 saturated heterocycles. The Bertz CT molecular complexity index is 248. The van der Waals surface area contributed by atoms with Crippen LogP contribution in [0.25, 0.3) is 0 Å². The standard InChI is InChI=1S/C13H25NOS2/c14-13(16-11-7-3-1-4-8-11)17(15)12-9-5-2-6-10-12/h11-13H,1-10,14H2. The summed E-state index contributed by atoms with van der Waals surface area (Å²) >= 11 is 1.80. The third kappa shape index (κ3) is 4.25. The highest BCUT2D eigenvalue weighted by atomic mass is 32.2. The molecular formula is C13H25NOS2. The van der Waals surface area contributed by atoms with Crippen molar-refractivity contribution in [3.8, 4) is 0 Å². The van der Waals surface area contributed by atoms with E-state index in [9.17, 15) is 4.21 Å². The first-order chi connectivity index (χ1) is 8.27. The zero-order valence-corrected chi connectivity index (χ0v) is 12.2. The van der Waals surface area contributed by atoms with E-state index in [1.165, 1.54) is 51.4 Å². The molecule has 2 atom stereocenters. The van der Waals surface area contributed by atoms with Crippen LogP contribution in [0.2, 0.25) is 0 Å². The van der Waals surface area contributed by atoms with E-state index in [4.69, 9.17) is 5.73 Å². The zero-order chi connectivity index (χ0) is 12.1. The van der Waals surface area contributed by atoms with Crippen LogP contribution in [0.5, 0.6) is 0 Å². The van der Waals surface area contributed by atoms with Crippen molar-refractivity contribution in [3.63, 3.8) is 0 Å². The molecule has 0 radical (unpaired) electrons. The van der Waals surface area contributed by atoms with Crippen LogP contribution >= 0.6 is 11.8 Å². The molecule has 0 heterocycles. The van der Waals surface area contributed by atoms with Gasteiger partial charge in [0.25, 0.3) is 0 Å². The van der Waals surface area contributed by atoms with E-state index in [1.54, 1.807) is 11.8 Å². The Morgan fingerprint density at radius 2 is 1.47 bits per heavy atom. The highest BCUT2D eigenvalue weighted by molar-refractivity contribution is 8.11. The fourth-order valence-electron chi connectivity index (χ4n) is 2.93. The summed E-state index contributed by atoms with van der Waals surface area (Å²) in [5.74, 6) is 0. The lowest BCUT2D eigenvalue weighted by atomic mass is 10.0. The number of hydrogen-bond acceptors (Lipinski definition) is 3.